The minimum atomic E-state index is 0.939. The average Bonchev–Trinajstić information content (AvgIpc) is 2.74. The summed E-state index contributed by atoms with van der Waals surface area (Å²) < 4.78 is 0. The smallest absolute Gasteiger partial charge is 0.0575 e. The molecule has 0 aromatic heterocycles. The van der Waals surface area contributed by atoms with Gasteiger partial charge in [-0.05, 0) is 47.2 Å². The van der Waals surface area contributed by atoms with Gasteiger partial charge in [0.25, 0.3) is 0 Å². The van der Waals surface area contributed by atoms with Crippen LogP contribution in [0.1, 0.15) is 0 Å². The second-order valence-corrected chi connectivity index (χ2v) is 5.75. The summed E-state index contributed by atoms with van der Waals surface area (Å²) in [5, 5.41) is 4.10. The van der Waals surface area contributed by atoms with Crippen LogP contribution in [0.3, 0.4) is 0 Å². The van der Waals surface area contributed by atoms with Crippen molar-refractivity contribution in [1.29, 1.82) is 0 Å². The highest BCUT2D eigenvalue weighted by Crippen LogP contribution is 2.20. The quantitative estimate of drug-likeness (QED) is 0.369. The number of fused-ring (bicyclic) bond motifs is 1. The van der Waals surface area contributed by atoms with Crippen molar-refractivity contribution in [1.82, 2.24) is 0 Å². The molecule has 0 atom stereocenters. The minimum absolute atomic E-state index is 0.939. The van der Waals surface area contributed by atoms with E-state index in [1.807, 2.05) is 91.0 Å². The van der Waals surface area contributed by atoms with Crippen LogP contribution in [0.4, 0.5) is 17.1 Å². The van der Waals surface area contributed by atoms with Gasteiger partial charge in [-0.25, -0.2) is 5.84 Å². The fraction of sp³-hybridized carbons (Fsp3) is 0. The number of hydrogen-bond acceptors (Lipinski definition) is 4. The van der Waals surface area contributed by atoms with Crippen LogP contribution in [0.25, 0.3) is 10.8 Å². The Morgan fingerprint density at radius 1 is 0.577 bits per heavy atom. The summed E-state index contributed by atoms with van der Waals surface area (Å²) >= 11 is 0. The van der Waals surface area contributed by atoms with E-state index in [-0.39, 0.29) is 0 Å². The molecule has 26 heavy (non-hydrogen) atoms. The number of hydrazine groups is 2. The monoisotopic (exact) mass is 342 g/mol. The molecule has 0 radical (unpaired) electrons. The van der Waals surface area contributed by atoms with Gasteiger partial charge < -0.3 is 5.43 Å². The van der Waals surface area contributed by atoms with Gasteiger partial charge in [0.15, 0.2) is 0 Å². The van der Waals surface area contributed by atoms with Gasteiger partial charge in [0.2, 0.25) is 0 Å². The normalized spacial score (nSPS) is 9.92. The van der Waals surface area contributed by atoms with Crippen LogP contribution >= 0.6 is 0 Å². The zero-order valence-corrected chi connectivity index (χ0v) is 14.4. The van der Waals surface area contributed by atoms with Crippen molar-refractivity contribution in [2.75, 3.05) is 10.4 Å². The third-order valence-corrected chi connectivity index (χ3v) is 3.98. The van der Waals surface area contributed by atoms with E-state index in [4.69, 9.17) is 11.7 Å². The molecule has 4 nitrogen and oxygen atoms in total. The second kappa shape index (κ2) is 8.67. The summed E-state index contributed by atoms with van der Waals surface area (Å²) in [6.07, 6.45) is 0. The topological polar surface area (TPSA) is 67.3 Å². The van der Waals surface area contributed by atoms with Crippen LogP contribution in [0.2, 0.25) is 0 Å². The third kappa shape index (κ3) is 4.39. The SMILES string of the molecule is NN(c1ccccc1)c1ccccc1.NNc1ccc2ccccc2c1. The molecule has 0 aliphatic heterocycles. The van der Waals surface area contributed by atoms with Gasteiger partial charge in [-0.1, -0.05) is 66.7 Å². The molecule has 0 bridgehead atoms. The second-order valence-electron chi connectivity index (χ2n) is 5.75. The van der Waals surface area contributed by atoms with Crippen molar-refractivity contribution in [2.45, 2.75) is 0 Å². The maximum absolute atomic E-state index is 5.95. The van der Waals surface area contributed by atoms with Gasteiger partial charge in [0, 0.05) is 5.69 Å². The van der Waals surface area contributed by atoms with E-state index in [9.17, 15) is 0 Å². The van der Waals surface area contributed by atoms with Gasteiger partial charge in [-0.15, -0.1) is 0 Å². The van der Waals surface area contributed by atoms with Crippen molar-refractivity contribution in [2.24, 2.45) is 11.7 Å². The Morgan fingerprint density at radius 2 is 1.08 bits per heavy atom. The fourth-order valence-electron chi connectivity index (χ4n) is 2.61. The number of nitrogen functional groups attached to an aromatic ring is 1. The predicted molar refractivity (Wildman–Crippen MR) is 111 cm³/mol. The van der Waals surface area contributed by atoms with E-state index in [1.165, 1.54) is 10.8 Å². The van der Waals surface area contributed by atoms with Crippen molar-refractivity contribution >= 4 is 27.8 Å². The number of anilines is 3. The van der Waals surface area contributed by atoms with Gasteiger partial charge in [0.05, 0.1) is 11.4 Å². The van der Waals surface area contributed by atoms with Crippen LogP contribution in [0.15, 0.2) is 103 Å². The molecule has 0 amide bonds. The zero-order chi connectivity index (χ0) is 18.2. The number of benzene rings is 4. The summed E-state index contributed by atoms with van der Waals surface area (Å²) in [4.78, 5) is 0. The summed E-state index contributed by atoms with van der Waals surface area (Å²) in [6.45, 7) is 0. The highest BCUT2D eigenvalue weighted by atomic mass is 15.4. The third-order valence-electron chi connectivity index (χ3n) is 3.98. The maximum Gasteiger partial charge on any atom is 0.0575 e. The fourth-order valence-corrected chi connectivity index (χ4v) is 2.61. The number of nitrogens with two attached hydrogens (primary N) is 2. The van der Waals surface area contributed by atoms with Gasteiger partial charge >= 0.3 is 0 Å². The van der Waals surface area contributed by atoms with E-state index in [1.54, 1.807) is 5.01 Å². The van der Waals surface area contributed by atoms with Crippen molar-refractivity contribution in [3.63, 3.8) is 0 Å². The first kappa shape index (κ1) is 17.5. The number of para-hydroxylation sites is 2. The Bertz CT molecular complexity index is 900. The first-order chi connectivity index (χ1) is 12.8. The van der Waals surface area contributed by atoms with Crippen molar-refractivity contribution in [3.05, 3.63) is 103 Å². The van der Waals surface area contributed by atoms with Crippen LogP contribution < -0.4 is 22.1 Å². The van der Waals surface area contributed by atoms with E-state index in [0.717, 1.165) is 17.1 Å². The molecule has 0 unspecified atom stereocenters. The van der Waals surface area contributed by atoms with Crippen molar-refractivity contribution < 1.29 is 0 Å². The zero-order valence-electron chi connectivity index (χ0n) is 14.4. The lowest BCUT2D eigenvalue weighted by Crippen LogP contribution is -2.24. The van der Waals surface area contributed by atoms with Crippen LogP contribution in [-0.2, 0) is 0 Å². The summed E-state index contributed by atoms with van der Waals surface area (Å²) in [5.74, 6) is 11.2. The van der Waals surface area contributed by atoms with E-state index in [0.29, 0.717) is 0 Å². The number of hydrogen-bond donors (Lipinski definition) is 3. The standard InChI is InChI=1S/C12H12N2.C10H10N2/c13-14(11-7-3-1-4-8-11)12-9-5-2-6-10-12;11-12-10-6-5-8-3-1-2-4-9(8)7-10/h1-10H,13H2;1-7,12H,11H2. The molecular formula is C22H22N4. The molecular weight excluding hydrogens is 320 g/mol. The molecule has 0 aliphatic rings. The summed E-state index contributed by atoms with van der Waals surface area (Å²) in [6, 6.07) is 34.0. The molecule has 0 fully saturated rings. The van der Waals surface area contributed by atoms with Crippen LogP contribution in [0, 0.1) is 0 Å². The highest BCUT2D eigenvalue weighted by Gasteiger charge is 2.01. The minimum Gasteiger partial charge on any atom is -0.324 e. The number of nitrogens with zero attached hydrogens (tertiary/aromatic N) is 1. The lowest BCUT2D eigenvalue weighted by atomic mass is 10.1. The van der Waals surface area contributed by atoms with Gasteiger partial charge in [-0.3, -0.25) is 10.9 Å². The number of nitrogens with one attached hydrogen (secondary N) is 1. The molecule has 5 N–H and O–H groups in total. The average molecular weight is 342 g/mol. The Hall–Kier alpha value is -3.34. The van der Waals surface area contributed by atoms with E-state index >= 15 is 0 Å². The molecule has 4 aromatic rings. The Labute approximate surface area is 153 Å². The van der Waals surface area contributed by atoms with E-state index < -0.39 is 0 Å². The maximum atomic E-state index is 5.95. The largest absolute Gasteiger partial charge is 0.324 e. The molecule has 4 aromatic carbocycles. The Balaban J connectivity index is 0.000000152. The molecule has 0 spiro atoms. The van der Waals surface area contributed by atoms with Crippen LogP contribution in [-0.4, -0.2) is 0 Å². The van der Waals surface area contributed by atoms with Crippen molar-refractivity contribution in [3.8, 4) is 0 Å². The summed E-state index contributed by atoms with van der Waals surface area (Å²) in [7, 11) is 0. The first-order valence-electron chi connectivity index (χ1n) is 8.38. The summed E-state index contributed by atoms with van der Waals surface area (Å²) in [5.41, 5.74) is 5.53. The predicted octanol–water partition coefficient (Wildman–Crippen LogP) is 4.82. The lowest BCUT2D eigenvalue weighted by molar-refractivity contribution is 1.09. The Kier molecular flexibility index (Phi) is 5.83. The Morgan fingerprint density at radius 3 is 1.62 bits per heavy atom. The molecule has 4 rings (SSSR count). The molecule has 0 saturated heterocycles. The molecule has 0 heterocycles. The van der Waals surface area contributed by atoms with E-state index in [2.05, 4.69) is 17.6 Å². The molecule has 0 aliphatic carbocycles. The van der Waals surface area contributed by atoms with Gasteiger partial charge in [-0.2, -0.15) is 0 Å². The van der Waals surface area contributed by atoms with Crippen LogP contribution in [0.5, 0.6) is 0 Å². The number of rotatable bonds is 3. The highest BCUT2D eigenvalue weighted by molar-refractivity contribution is 5.85. The molecule has 4 heteroatoms. The molecule has 130 valence electrons. The molecule has 0 saturated carbocycles. The first-order valence-corrected chi connectivity index (χ1v) is 8.38. The lowest BCUT2D eigenvalue weighted by Gasteiger charge is -2.18. The van der Waals surface area contributed by atoms with Gasteiger partial charge in [0.1, 0.15) is 0 Å².